The Labute approximate surface area is 58.6 Å². The Morgan fingerprint density at radius 2 is 1.00 bits per heavy atom. The van der Waals surface area contributed by atoms with Crippen LogP contribution in [0.15, 0.2) is 0 Å². The summed E-state index contributed by atoms with van der Waals surface area (Å²) in [5, 5.41) is 0. The molecule has 0 saturated carbocycles. The molecule has 0 aromatic heterocycles. The molecule has 0 N–H and O–H groups in total. The van der Waals surface area contributed by atoms with Gasteiger partial charge in [-0.25, -0.2) is 0 Å². The topological polar surface area (TPSA) is 28.5 Å². The molecule has 0 spiro atoms. The average Bonchev–Trinajstić information content (AvgIpc) is 0. The molecular formula is CoMnOZn. The van der Waals surface area contributed by atoms with E-state index in [1.165, 1.54) is 0 Å². The molecule has 0 aromatic rings. The second-order valence-corrected chi connectivity index (χ2v) is 0. The SMILES string of the molecule is [Co].[Mn].[O-2].[Zn+2]. The van der Waals surface area contributed by atoms with Gasteiger partial charge in [-0.15, -0.1) is 0 Å². The Morgan fingerprint density at radius 3 is 1.00 bits per heavy atom. The number of rotatable bonds is 0. The van der Waals surface area contributed by atoms with E-state index in [2.05, 4.69) is 0 Å². The van der Waals surface area contributed by atoms with Crippen LogP contribution in [0.1, 0.15) is 0 Å². The van der Waals surface area contributed by atoms with Crippen molar-refractivity contribution in [1.82, 2.24) is 0 Å². The Bertz CT molecular complexity index is 8.00. The van der Waals surface area contributed by atoms with Crippen LogP contribution in [0.2, 0.25) is 0 Å². The van der Waals surface area contributed by atoms with E-state index in [1.54, 1.807) is 0 Å². The summed E-state index contributed by atoms with van der Waals surface area (Å²) in [4.78, 5) is 0. The van der Waals surface area contributed by atoms with Gasteiger partial charge in [0.2, 0.25) is 0 Å². The Balaban J connectivity index is 0. The van der Waals surface area contributed by atoms with Crippen molar-refractivity contribution in [2.45, 2.75) is 0 Å². The molecule has 0 bridgehead atoms. The first-order chi connectivity index (χ1) is 0. The summed E-state index contributed by atoms with van der Waals surface area (Å²) in [5.74, 6) is 0. The standard InChI is InChI=1S/Co.Mn.O.Zn/q;;-2;+2. The van der Waals surface area contributed by atoms with Gasteiger partial charge in [-0.2, -0.15) is 0 Å². The van der Waals surface area contributed by atoms with Crippen molar-refractivity contribution in [2.24, 2.45) is 0 Å². The number of hydrogen-bond acceptors (Lipinski definition) is 0. The van der Waals surface area contributed by atoms with Crippen LogP contribution < -0.4 is 0 Å². The fraction of sp³-hybridized carbons (Fsp3) is 0. The molecule has 0 aliphatic rings. The molecule has 0 aliphatic heterocycles. The molecule has 0 rings (SSSR count). The minimum atomic E-state index is 0. The molecule has 0 heterocycles. The van der Waals surface area contributed by atoms with E-state index in [0.29, 0.717) is 0 Å². The molecule has 4 heavy (non-hydrogen) atoms. The zero-order chi connectivity index (χ0) is 0. The van der Waals surface area contributed by atoms with E-state index in [1.807, 2.05) is 0 Å². The quantitative estimate of drug-likeness (QED) is 0.482. The molecule has 24 valence electrons. The first-order valence-electron chi connectivity index (χ1n) is 0. The molecule has 0 aliphatic carbocycles. The molecule has 0 unspecified atom stereocenters. The van der Waals surface area contributed by atoms with E-state index in [0.717, 1.165) is 0 Å². The summed E-state index contributed by atoms with van der Waals surface area (Å²) in [7, 11) is 0. The molecule has 0 atom stereocenters. The Kier molecular flexibility index (Phi) is 267. The monoisotopic (exact) mass is 194 g/mol. The molecule has 0 saturated heterocycles. The van der Waals surface area contributed by atoms with Gasteiger partial charge in [-0.3, -0.25) is 0 Å². The maximum atomic E-state index is 0. The van der Waals surface area contributed by atoms with E-state index >= 15 is 0 Å². The van der Waals surface area contributed by atoms with Crippen molar-refractivity contribution < 1.29 is 58.8 Å². The minimum absolute atomic E-state index is 0. The van der Waals surface area contributed by atoms with Gasteiger partial charge in [-0.05, 0) is 0 Å². The maximum Gasteiger partial charge on any atom is 2.00 e. The van der Waals surface area contributed by atoms with Crippen molar-refractivity contribution in [3.8, 4) is 0 Å². The van der Waals surface area contributed by atoms with E-state index in [9.17, 15) is 0 Å². The van der Waals surface area contributed by atoms with Crippen LogP contribution in [-0.4, -0.2) is 0 Å². The smallest absolute Gasteiger partial charge is 2.00 e. The van der Waals surface area contributed by atoms with E-state index in [-0.39, 0.29) is 58.8 Å². The summed E-state index contributed by atoms with van der Waals surface area (Å²) >= 11 is 0. The maximum absolute atomic E-state index is 0. The number of hydrogen-bond donors (Lipinski definition) is 0. The molecule has 0 amide bonds. The van der Waals surface area contributed by atoms with Crippen molar-refractivity contribution >= 4 is 0 Å². The van der Waals surface area contributed by atoms with Gasteiger partial charge in [0.15, 0.2) is 0 Å². The largest absolute Gasteiger partial charge is 2.00 e. The van der Waals surface area contributed by atoms with Gasteiger partial charge >= 0.3 is 19.5 Å². The van der Waals surface area contributed by atoms with Crippen LogP contribution in [0.4, 0.5) is 0 Å². The van der Waals surface area contributed by atoms with E-state index in [4.69, 9.17) is 0 Å². The van der Waals surface area contributed by atoms with Crippen LogP contribution in [0, 0.1) is 0 Å². The summed E-state index contributed by atoms with van der Waals surface area (Å²) in [5.41, 5.74) is 0. The van der Waals surface area contributed by atoms with Crippen LogP contribution in [0.25, 0.3) is 0 Å². The predicted octanol–water partition coefficient (Wildman–Crippen LogP) is -0.126. The third kappa shape index (κ3) is 9.49. The second kappa shape index (κ2) is 23.2. The molecule has 4 heteroatoms. The fourth-order valence-electron chi connectivity index (χ4n) is 0. The summed E-state index contributed by atoms with van der Waals surface area (Å²) in [6, 6.07) is 0. The van der Waals surface area contributed by atoms with Crippen molar-refractivity contribution in [1.29, 1.82) is 0 Å². The second-order valence-electron chi connectivity index (χ2n) is 0. The van der Waals surface area contributed by atoms with E-state index < -0.39 is 0 Å². The average molecular weight is 195 g/mol. The molecule has 0 aromatic carbocycles. The third-order valence-electron chi connectivity index (χ3n) is 0. The molecule has 2 radical (unpaired) electrons. The van der Waals surface area contributed by atoms with Crippen LogP contribution in [0.5, 0.6) is 0 Å². The van der Waals surface area contributed by atoms with Gasteiger partial charge < -0.3 is 5.48 Å². The van der Waals surface area contributed by atoms with Gasteiger partial charge in [0.1, 0.15) is 0 Å². The van der Waals surface area contributed by atoms with Crippen molar-refractivity contribution in [3.63, 3.8) is 0 Å². The van der Waals surface area contributed by atoms with Gasteiger partial charge in [0, 0.05) is 33.8 Å². The Hall–Kier alpha value is 1.61. The molecule has 1 nitrogen and oxygen atoms in total. The van der Waals surface area contributed by atoms with Crippen LogP contribution in [0.3, 0.4) is 0 Å². The summed E-state index contributed by atoms with van der Waals surface area (Å²) in [6.07, 6.45) is 0. The summed E-state index contributed by atoms with van der Waals surface area (Å²) < 4.78 is 0. The third-order valence-corrected chi connectivity index (χ3v) is 0. The van der Waals surface area contributed by atoms with Crippen LogP contribution in [-0.2, 0) is 58.8 Å². The van der Waals surface area contributed by atoms with Gasteiger partial charge in [-0.1, -0.05) is 0 Å². The zero-order valence-electron chi connectivity index (χ0n) is 1.83. The zero-order valence-corrected chi connectivity index (χ0v) is 7.02. The van der Waals surface area contributed by atoms with Crippen LogP contribution >= 0.6 is 0 Å². The summed E-state index contributed by atoms with van der Waals surface area (Å²) in [6.45, 7) is 0. The minimum Gasteiger partial charge on any atom is -2.00 e. The first kappa shape index (κ1) is 46.0. The first-order valence-corrected chi connectivity index (χ1v) is 0. The van der Waals surface area contributed by atoms with Gasteiger partial charge in [0.05, 0.1) is 0 Å². The molecular weight excluding hydrogens is 195 g/mol. The molecule has 0 fully saturated rings. The normalized spacial score (nSPS) is 0. The van der Waals surface area contributed by atoms with Gasteiger partial charge in [0.25, 0.3) is 0 Å². The van der Waals surface area contributed by atoms with Crippen molar-refractivity contribution in [2.75, 3.05) is 0 Å². The predicted molar refractivity (Wildman–Crippen MR) is 0.686 cm³/mol. The van der Waals surface area contributed by atoms with Crippen molar-refractivity contribution in [3.05, 3.63) is 0 Å². The fourth-order valence-corrected chi connectivity index (χ4v) is 0. The Morgan fingerprint density at radius 1 is 1.00 bits per heavy atom.